The smallest absolute Gasteiger partial charge is 0.239 e. The van der Waals surface area contributed by atoms with E-state index in [2.05, 4.69) is 17.4 Å². The van der Waals surface area contributed by atoms with Crippen molar-refractivity contribution >= 4 is 17.5 Å². The SMILES string of the molecule is Cc1cccc(NC(=O)CN(C)[C@@H](C)C(=O)N2CCc3ccccc3C2)c1C. The molecule has 28 heavy (non-hydrogen) atoms. The molecule has 0 aliphatic carbocycles. The summed E-state index contributed by atoms with van der Waals surface area (Å²) in [5.74, 6) is -0.0450. The lowest BCUT2D eigenvalue weighted by Gasteiger charge is -2.33. The number of nitrogens with zero attached hydrogens (tertiary/aromatic N) is 2. The van der Waals surface area contributed by atoms with Crippen LogP contribution in [0, 0.1) is 13.8 Å². The third-order valence-corrected chi connectivity index (χ3v) is 5.73. The molecule has 0 spiro atoms. The van der Waals surface area contributed by atoms with Crippen LogP contribution in [0.25, 0.3) is 0 Å². The average molecular weight is 380 g/mol. The second kappa shape index (κ2) is 8.57. The number of aryl methyl sites for hydroxylation is 1. The van der Waals surface area contributed by atoms with Crippen LogP contribution in [0.4, 0.5) is 5.69 Å². The number of amides is 2. The largest absolute Gasteiger partial charge is 0.337 e. The first-order valence-corrected chi connectivity index (χ1v) is 9.78. The fraction of sp³-hybridized carbons (Fsp3) is 0.391. The van der Waals surface area contributed by atoms with Crippen molar-refractivity contribution in [1.29, 1.82) is 0 Å². The molecule has 148 valence electrons. The summed E-state index contributed by atoms with van der Waals surface area (Å²) in [7, 11) is 1.82. The van der Waals surface area contributed by atoms with E-state index in [0.717, 1.165) is 29.8 Å². The van der Waals surface area contributed by atoms with Gasteiger partial charge in [0.2, 0.25) is 11.8 Å². The van der Waals surface area contributed by atoms with E-state index in [9.17, 15) is 9.59 Å². The van der Waals surface area contributed by atoms with Gasteiger partial charge < -0.3 is 10.2 Å². The number of hydrogen-bond acceptors (Lipinski definition) is 3. The molecule has 0 unspecified atom stereocenters. The number of carbonyl (C=O) groups is 2. The first-order valence-electron chi connectivity index (χ1n) is 9.78. The summed E-state index contributed by atoms with van der Waals surface area (Å²) in [6.07, 6.45) is 0.880. The Morgan fingerprint density at radius 3 is 2.57 bits per heavy atom. The van der Waals surface area contributed by atoms with Crippen LogP contribution in [-0.4, -0.2) is 47.8 Å². The van der Waals surface area contributed by atoms with E-state index in [1.165, 1.54) is 11.1 Å². The molecule has 0 fully saturated rings. The maximum atomic E-state index is 12.9. The minimum absolute atomic E-state index is 0.0662. The monoisotopic (exact) mass is 379 g/mol. The van der Waals surface area contributed by atoms with Crippen molar-refractivity contribution in [3.8, 4) is 0 Å². The third kappa shape index (κ3) is 4.42. The Morgan fingerprint density at radius 1 is 1.11 bits per heavy atom. The Morgan fingerprint density at radius 2 is 1.82 bits per heavy atom. The molecule has 5 heteroatoms. The number of hydrogen-bond donors (Lipinski definition) is 1. The molecule has 2 amide bonds. The molecule has 0 radical (unpaired) electrons. The molecule has 1 heterocycles. The fourth-order valence-electron chi connectivity index (χ4n) is 3.58. The zero-order valence-corrected chi connectivity index (χ0v) is 17.2. The molecule has 0 saturated carbocycles. The summed E-state index contributed by atoms with van der Waals surface area (Å²) in [4.78, 5) is 29.1. The van der Waals surface area contributed by atoms with E-state index in [1.807, 2.05) is 68.0 Å². The van der Waals surface area contributed by atoms with Crippen molar-refractivity contribution in [3.63, 3.8) is 0 Å². The summed E-state index contributed by atoms with van der Waals surface area (Å²) in [5.41, 5.74) is 5.56. The van der Waals surface area contributed by atoms with Crippen LogP contribution < -0.4 is 5.32 Å². The van der Waals surface area contributed by atoms with Crippen molar-refractivity contribution in [3.05, 3.63) is 64.7 Å². The van der Waals surface area contributed by atoms with Crippen LogP contribution in [-0.2, 0) is 22.6 Å². The normalized spacial score (nSPS) is 14.5. The van der Waals surface area contributed by atoms with Crippen molar-refractivity contribution in [1.82, 2.24) is 9.80 Å². The van der Waals surface area contributed by atoms with E-state index in [-0.39, 0.29) is 24.4 Å². The first kappa shape index (κ1) is 20.1. The molecule has 1 N–H and O–H groups in total. The molecule has 5 nitrogen and oxygen atoms in total. The van der Waals surface area contributed by atoms with Crippen molar-refractivity contribution in [2.24, 2.45) is 0 Å². The molecule has 1 atom stereocenters. The Kier molecular flexibility index (Phi) is 6.15. The summed E-state index contributed by atoms with van der Waals surface area (Å²) >= 11 is 0. The van der Waals surface area contributed by atoms with Gasteiger partial charge in [0.1, 0.15) is 0 Å². The third-order valence-electron chi connectivity index (χ3n) is 5.73. The highest BCUT2D eigenvalue weighted by Crippen LogP contribution is 2.20. The Hall–Kier alpha value is -2.66. The van der Waals surface area contributed by atoms with Crippen LogP contribution >= 0.6 is 0 Å². The highest BCUT2D eigenvalue weighted by molar-refractivity contribution is 5.93. The number of benzene rings is 2. The maximum absolute atomic E-state index is 12.9. The van der Waals surface area contributed by atoms with Crippen molar-refractivity contribution in [2.45, 2.75) is 39.8 Å². The van der Waals surface area contributed by atoms with Crippen LogP contribution in [0.1, 0.15) is 29.2 Å². The molecule has 2 aromatic carbocycles. The number of carbonyl (C=O) groups excluding carboxylic acids is 2. The lowest BCUT2D eigenvalue weighted by Crippen LogP contribution is -2.49. The van der Waals surface area contributed by atoms with Gasteiger partial charge in [-0.3, -0.25) is 14.5 Å². The van der Waals surface area contributed by atoms with E-state index in [1.54, 1.807) is 0 Å². The molecule has 1 aliphatic rings. The standard InChI is InChI=1S/C23H29N3O2/c1-16-8-7-11-21(17(16)2)24-22(27)15-25(4)18(3)23(28)26-13-12-19-9-5-6-10-20(19)14-26/h5-11,18H,12-15H2,1-4H3,(H,24,27)/t18-/m0/s1. The van der Waals surface area contributed by atoms with Crippen LogP contribution in [0.15, 0.2) is 42.5 Å². The van der Waals surface area contributed by atoms with E-state index in [4.69, 9.17) is 0 Å². The number of fused-ring (bicyclic) bond motifs is 1. The van der Waals surface area contributed by atoms with E-state index in [0.29, 0.717) is 6.54 Å². The van der Waals surface area contributed by atoms with Gasteiger partial charge in [0.05, 0.1) is 12.6 Å². The number of nitrogens with one attached hydrogen (secondary N) is 1. The van der Waals surface area contributed by atoms with Gasteiger partial charge in [0.25, 0.3) is 0 Å². The van der Waals surface area contributed by atoms with Gasteiger partial charge in [0.15, 0.2) is 0 Å². The minimum Gasteiger partial charge on any atom is -0.337 e. The second-order valence-corrected chi connectivity index (χ2v) is 7.67. The molecular weight excluding hydrogens is 350 g/mol. The Labute approximate surface area is 167 Å². The quantitative estimate of drug-likeness (QED) is 0.868. The summed E-state index contributed by atoms with van der Waals surface area (Å²) in [6.45, 7) is 7.42. The highest BCUT2D eigenvalue weighted by Gasteiger charge is 2.27. The Bertz CT molecular complexity index is 878. The predicted molar refractivity (Wildman–Crippen MR) is 112 cm³/mol. The topological polar surface area (TPSA) is 52.7 Å². The second-order valence-electron chi connectivity index (χ2n) is 7.67. The van der Waals surface area contributed by atoms with Gasteiger partial charge in [-0.2, -0.15) is 0 Å². The molecule has 0 bridgehead atoms. The van der Waals surface area contributed by atoms with Crippen LogP contribution in [0.2, 0.25) is 0 Å². The van der Waals surface area contributed by atoms with Gasteiger partial charge in [-0.05, 0) is 62.6 Å². The zero-order valence-electron chi connectivity index (χ0n) is 17.2. The van der Waals surface area contributed by atoms with Gasteiger partial charge in [-0.25, -0.2) is 0 Å². The average Bonchev–Trinajstić information content (AvgIpc) is 2.69. The Balaban J connectivity index is 1.58. The van der Waals surface area contributed by atoms with Gasteiger partial charge in [-0.15, -0.1) is 0 Å². The molecule has 3 rings (SSSR count). The summed E-state index contributed by atoms with van der Waals surface area (Å²) in [6, 6.07) is 13.8. The van der Waals surface area contributed by atoms with Crippen LogP contribution in [0.3, 0.4) is 0 Å². The number of rotatable bonds is 5. The molecular formula is C23H29N3O2. The number of anilines is 1. The number of likely N-dealkylation sites (N-methyl/N-ethyl adjacent to an activating group) is 1. The first-order chi connectivity index (χ1) is 13.4. The fourth-order valence-corrected chi connectivity index (χ4v) is 3.58. The highest BCUT2D eigenvalue weighted by atomic mass is 16.2. The van der Waals surface area contributed by atoms with Gasteiger partial charge in [-0.1, -0.05) is 36.4 Å². The minimum atomic E-state index is -0.352. The van der Waals surface area contributed by atoms with Crippen molar-refractivity contribution in [2.75, 3.05) is 25.5 Å². The molecule has 1 aliphatic heterocycles. The van der Waals surface area contributed by atoms with E-state index >= 15 is 0 Å². The van der Waals surface area contributed by atoms with Crippen LogP contribution in [0.5, 0.6) is 0 Å². The molecule has 0 saturated heterocycles. The molecule has 2 aromatic rings. The van der Waals surface area contributed by atoms with E-state index < -0.39 is 0 Å². The summed E-state index contributed by atoms with van der Waals surface area (Å²) in [5, 5.41) is 2.96. The molecule has 0 aromatic heterocycles. The maximum Gasteiger partial charge on any atom is 0.239 e. The lowest BCUT2D eigenvalue weighted by molar-refractivity contribution is -0.137. The lowest BCUT2D eigenvalue weighted by atomic mass is 9.99. The van der Waals surface area contributed by atoms with Crippen molar-refractivity contribution < 1.29 is 9.59 Å². The zero-order chi connectivity index (χ0) is 20.3. The van der Waals surface area contributed by atoms with Gasteiger partial charge >= 0.3 is 0 Å². The predicted octanol–water partition coefficient (Wildman–Crippen LogP) is 3.15. The van der Waals surface area contributed by atoms with Gasteiger partial charge in [0, 0.05) is 18.8 Å². The summed E-state index contributed by atoms with van der Waals surface area (Å²) < 4.78 is 0.